The zero-order valence-electron chi connectivity index (χ0n) is 11.3. The number of aromatic nitrogens is 2. The fourth-order valence-electron chi connectivity index (χ4n) is 2.10. The number of hydrogen-bond acceptors (Lipinski definition) is 4. The molecule has 0 spiro atoms. The largest absolute Gasteiger partial charge is 0.486 e. The summed E-state index contributed by atoms with van der Waals surface area (Å²) in [6.45, 7) is 6.29. The quantitative estimate of drug-likeness (QED) is 0.886. The molecule has 19 heavy (non-hydrogen) atoms. The number of benzene rings is 1. The van der Waals surface area contributed by atoms with Crippen LogP contribution in [0.1, 0.15) is 26.1 Å². The zero-order chi connectivity index (χ0) is 13.2. The van der Waals surface area contributed by atoms with E-state index in [0.29, 0.717) is 19.3 Å². The third-order valence-corrected chi connectivity index (χ3v) is 3.43. The standard InChI is InChI=1S/C14H19N3O2/c1-3-9(2)15-8-14-16-10-6-12-13(7-11(10)17-14)19-5-4-18-12/h6-7,9,15H,3-5,8H2,1-2H3,(H,16,17). The maximum absolute atomic E-state index is 5.57. The van der Waals surface area contributed by atoms with Crippen LogP contribution < -0.4 is 14.8 Å². The molecule has 1 aromatic heterocycles. The van der Waals surface area contributed by atoms with Crippen LogP contribution in [0.5, 0.6) is 11.5 Å². The van der Waals surface area contributed by atoms with E-state index in [0.717, 1.165) is 41.3 Å². The molecule has 5 heteroatoms. The van der Waals surface area contributed by atoms with Gasteiger partial charge in [0.1, 0.15) is 19.0 Å². The Morgan fingerprint density at radius 2 is 2.05 bits per heavy atom. The van der Waals surface area contributed by atoms with Crippen LogP contribution in [0.3, 0.4) is 0 Å². The van der Waals surface area contributed by atoms with Crippen LogP contribution in [0, 0.1) is 0 Å². The molecule has 3 rings (SSSR count). The van der Waals surface area contributed by atoms with Crippen LogP contribution >= 0.6 is 0 Å². The molecule has 1 aliphatic rings. The predicted octanol–water partition coefficient (Wildman–Crippen LogP) is 2.22. The molecule has 102 valence electrons. The summed E-state index contributed by atoms with van der Waals surface area (Å²) in [5.74, 6) is 2.52. The van der Waals surface area contributed by atoms with Gasteiger partial charge in [0.2, 0.25) is 0 Å². The lowest BCUT2D eigenvalue weighted by atomic mass is 10.2. The van der Waals surface area contributed by atoms with Gasteiger partial charge in [-0.2, -0.15) is 0 Å². The van der Waals surface area contributed by atoms with Crippen molar-refractivity contribution in [1.82, 2.24) is 15.3 Å². The molecule has 1 unspecified atom stereocenters. The second-order valence-electron chi connectivity index (χ2n) is 4.89. The number of nitrogens with zero attached hydrogens (tertiary/aromatic N) is 1. The molecule has 1 aliphatic heterocycles. The third kappa shape index (κ3) is 2.51. The molecule has 1 atom stereocenters. The highest BCUT2D eigenvalue weighted by atomic mass is 16.6. The Balaban J connectivity index is 1.84. The normalized spacial score (nSPS) is 15.7. The van der Waals surface area contributed by atoms with Gasteiger partial charge in [0.25, 0.3) is 0 Å². The highest BCUT2D eigenvalue weighted by Gasteiger charge is 2.14. The third-order valence-electron chi connectivity index (χ3n) is 3.43. The molecule has 2 aromatic rings. The fourth-order valence-corrected chi connectivity index (χ4v) is 2.10. The van der Waals surface area contributed by atoms with Crippen LogP contribution in [0.25, 0.3) is 11.0 Å². The maximum Gasteiger partial charge on any atom is 0.163 e. The van der Waals surface area contributed by atoms with Crippen molar-refractivity contribution in [3.8, 4) is 11.5 Å². The van der Waals surface area contributed by atoms with E-state index >= 15 is 0 Å². The number of imidazole rings is 1. The van der Waals surface area contributed by atoms with Gasteiger partial charge in [0, 0.05) is 18.2 Å². The van der Waals surface area contributed by atoms with E-state index in [-0.39, 0.29) is 0 Å². The highest BCUT2D eigenvalue weighted by molar-refractivity contribution is 5.79. The smallest absolute Gasteiger partial charge is 0.163 e. The van der Waals surface area contributed by atoms with Crippen LogP contribution in [0.4, 0.5) is 0 Å². The molecule has 0 aliphatic carbocycles. The van der Waals surface area contributed by atoms with E-state index in [2.05, 4.69) is 29.1 Å². The lowest BCUT2D eigenvalue weighted by Crippen LogP contribution is -2.24. The number of fused-ring (bicyclic) bond motifs is 2. The number of nitrogens with one attached hydrogen (secondary N) is 2. The summed E-state index contributed by atoms with van der Waals surface area (Å²) in [7, 11) is 0. The Morgan fingerprint density at radius 1 is 1.32 bits per heavy atom. The second kappa shape index (κ2) is 5.09. The Hall–Kier alpha value is -1.75. The molecule has 5 nitrogen and oxygen atoms in total. The van der Waals surface area contributed by atoms with Crippen molar-refractivity contribution in [3.05, 3.63) is 18.0 Å². The van der Waals surface area contributed by atoms with Crippen LogP contribution in [0.15, 0.2) is 12.1 Å². The molecule has 0 bridgehead atoms. The Labute approximate surface area is 112 Å². The van der Waals surface area contributed by atoms with Gasteiger partial charge in [-0.1, -0.05) is 6.92 Å². The second-order valence-corrected chi connectivity index (χ2v) is 4.89. The summed E-state index contributed by atoms with van der Waals surface area (Å²) in [5, 5.41) is 3.42. The van der Waals surface area contributed by atoms with Gasteiger partial charge >= 0.3 is 0 Å². The minimum absolute atomic E-state index is 0.494. The first-order valence-electron chi connectivity index (χ1n) is 6.78. The van der Waals surface area contributed by atoms with Crippen LogP contribution in [0.2, 0.25) is 0 Å². The van der Waals surface area contributed by atoms with Crippen molar-refractivity contribution in [3.63, 3.8) is 0 Å². The van der Waals surface area contributed by atoms with Crippen molar-refractivity contribution in [2.24, 2.45) is 0 Å². The Morgan fingerprint density at radius 3 is 2.79 bits per heavy atom. The van der Waals surface area contributed by atoms with Gasteiger partial charge in [-0.15, -0.1) is 0 Å². The van der Waals surface area contributed by atoms with Crippen LogP contribution in [-0.2, 0) is 6.54 Å². The van der Waals surface area contributed by atoms with E-state index in [9.17, 15) is 0 Å². The number of ether oxygens (including phenoxy) is 2. The summed E-state index contributed by atoms with van der Waals surface area (Å²) in [5.41, 5.74) is 1.91. The highest BCUT2D eigenvalue weighted by Crippen LogP contribution is 2.33. The molecular weight excluding hydrogens is 242 g/mol. The number of aromatic amines is 1. The molecule has 1 aromatic carbocycles. The lowest BCUT2D eigenvalue weighted by molar-refractivity contribution is 0.172. The monoisotopic (exact) mass is 261 g/mol. The van der Waals surface area contributed by atoms with Crippen molar-refractivity contribution >= 4 is 11.0 Å². The van der Waals surface area contributed by atoms with Gasteiger partial charge < -0.3 is 19.8 Å². The molecule has 0 radical (unpaired) electrons. The maximum atomic E-state index is 5.57. The summed E-state index contributed by atoms with van der Waals surface area (Å²) in [6.07, 6.45) is 1.11. The van der Waals surface area contributed by atoms with E-state index in [4.69, 9.17) is 9.47 Å². The molecule has 2 N–H and O–H groups in total. The first-order chi connectivity index (χ1) is 9.26. The SMILES string of the molecule is CCC(C)NCc1nc2cc3c(cc2[nH]1)OCCO3. The summed E-state index contributed by atoms with van der Waals surface area (Å²) < 4.78 is 11.1. The van der Waals surface area contributed by atoms with E-state index in [1.54, 1.807) is 0 Å². The molecule has 0 amide bonds. The molecule has 0 fully saturated rings. The molecule has 0 saturated heterocycles. The molecule has 0 saturated carbocycles. The Kier molecular flexibility index (Phi) is 3.29. The van der Waals surface area contributed by atoms with Gasteiger partial charge in [0.05, 0.1) is 17.6 Å². The lowest BCUT2D eigenvalue weighted by Gasteiger charge is -2.17. The van der Waals surface area contributed by atoms with E-state index in [1.165, 1.54) is 0 Å². The van der Waals surface area contributed by atoms with Gasteiger partial charge in [-0.05, 0) is 13.3 Å². The predicted molar refractivity (Wildman–Crippen MR) is 73.7 cm³/mol. The van der Waals surface area contributed by atoms with Gasteiger partial charge in [0.15, 0.2) is 11.5 Å². The average Bonchev–Trinajstić information content (AvgIpc) is 2.83. The van der Waals surface area contributed by atoms with Crippen molar-refractivity contribution in [1.29, 1.82) is 0 Å². The number of H-pyrrole nitrogens is 1. The minimum atomic E-state index is 0.494. The fraction of sp³-hybridized carbons (Fsp3) is 0.500. The Bertz CT molecular complexity index is 536. The summed E-state index contributed by atoms with van der Waals surface area (Å²) in [4.78, 5) is 7.89. The number of hydrogen-bond donors (Lipinski definition) is 2. The van der Waals surface area contributed by atoms with E-state index in [1.807, 2.05) is 12.1 Å². The summed E-state index contributed by atoms with van der Waals surface area (Å²) >= 11 is 0. The first-order valence-corrected chi connectivity index (χ1v) is 6.78. The minimum Gasteiger partial charge on any atom is -0.486 e. The molecule has 2 heterocycles. The van der Waals surface area contributed by atoms with E-state index < -0.39 is 0 Å². The zero-order valence-corrected chi connectivity index (χ0v) is 11.3. The van der Waals surface area contributed by atoms with Crippen molar-refractivity contribution in [2.75, 3.05) is 13.2 Å². The van der Waals surface area contributed by atoms with Crippen LogP contribution in [-0.4, -0.2) is 29.2 Å². The van der Waals surface area contributed by atoms with Crippen molar-refractivity contribution in [2.45, 2.75) is 32.9 Å². The number of rotatable bonds is 4. The topological polar surface area (TPSA) is 59.2 Å². The first kappa shape index (κ1) is 12.3. The molecular formula is C14H19N3O2. The van der Waals surface area contributed by atoms with Crippen molar-refractivity contribution < 1.29 is 9.47 Å². The van der Waals surface area contributed by atoms with Gasteiger partial charge in [-0.25, -0.2) is 4.98 Å². The summed E-state index contributed by atoms with van der Waals surface area (Å²) in [6, 6.07) is 4.39. The van der Waals surface area contributed by atoms with Gasteiger partial charge in [-0.3, -0.25) is 0 Å². The average molecular weight is 261 g/mol.